The number of carbonyl (C=O) groups is 1. The van der Waals surface area contributed by atoms with Crippen LogP contribution in [0.2, 0.25) is 0 Å². The zero-order valence-electron chi connectivity index (χ0n) is 13.0. The van der Waals surface area contributed by atoms with E-state index in [1.807, 2.05) is 0 Å². The Morgan fingerprint density at radius 2 is 2.23 bits per heavy atom. The highest BCUT2D eigenvalue weighted by atomic mass is 32.2. The summed E-state index contributed by atoms with van der Waals surface area (Å²) in [6, 6.07) is 0. The van der Waals surface area contributed by atoms with Crippen molar-refractivity contribution in [2.75, 3.05) is 39.1 Å². The lowest BCUT2D eigenvalue weighted by molar-refractivity contribution is -0.123. The highest BCUT2D eigenvalue weighted by molar-refractivity contribution is 7.89. The first-order valence-corrected chi connectivity index (χ1v) is 9.20. The van der Waals surface area contributed by atoms with Gasteiger partial charge in [0.1, 0.15) is 0 Å². The van der Waals surface area contributed by atoms with E-state index in [1.54, 1.807) is 0 Å². The van der Waals surface area contributed by atoms with E-state index in [1.165, 1.54) is 7.11 Å². The average molecular weight is 337 g/mol. The first-order chi connectivity index (χ1) is 10.5. The van der Waals surface area contributed by atoms with Crippen LogP contribution in [0, 0.1) is 0 Å². The molecule has 0 aromatic heterocycles. The Bertz CT molecular complexity index is 419. The predicted molar refractivity (Wildman–Crippen MR) is 82.9 cm³/mol. The van der Waals surface area contributed by atoms with E-state index >= 15 is 0 Å². The van der Waals surface area contributed by atoms with Crippen molar-refractivity contribution in [3.63, 3.8) is 0 Å². The molecular weight excluding hydrogens is 310 g/mol. The highest BCUT2D eigenvalue weighted by Crippen LogP contribution is 2.11. The first kappa shape index (κ1) is 19.3. The van der Waals surface area contributed by atoms with Crippen molar-refractivity contribution >= 4 is 15.9 Å². The van der Waals surface area contributed by atoms with Crippen molar-refractivity contribution in [3.8, 4) is 0 Å². The Balaban J connectivity index is 2.20. The van der Waals surface area contributed by atoms with Crippen LogP contribution < -0.4 is 15.8 Å². The SMILES string of the molecule is COC(CN)CC(=O)NCCS(=O)(=O)NCC1CCCCO1. The normalized spacial score (nSPS) is 20.5. The van der Waals surface area contributed by atoms with E-state index in [9.17, 15) is 13.2 Å². The van der Waals surface area contributed by atoms with Crippen molar-refractivity contribution in [1.82, 2.24) is 10.0 Å². The van der Waals surface area contributed by atoms with E-state index in [0.29, 0.717) is 6.61 Å². The fourth-order valence-electron chi connectivity index (χ4n) is 2.13. The molecule has 0 radical (unpaired) electrons. The monoisotopic (exact) mass is 337 g/mol. The van der Waals surface area contributed by atoms with E-state index in [-0.39, 0.29) is 49.9 Å². The molecule has 2 atom stereocenters. The van der Waals surface area contributed by atoms with Crippen molar-refractivity contribution in [2.45, 2.75) is 37.9 Å². The van der Waals surface area contributed by atoms with Gasteiger partial charge in [-0.25, -0.2) is 13.1 Å². The molecule has 0 aromatic carbocycles. The summed E-state index contributed by atoms with van der Waals surface area (Å²) in [7, 11) is -1.94. The van der Waals surface area contributed by atoms with E-state index in [4.69, 9.17) is 15.2 Å². The van der Waals surface area contributed by atoms with Crippen LogP contribution in [0.3, 0.4) is 0 Å². The summed E-state index contributed by atoms with van der Waals surface area (Å²) < 4.78 is 36.6. The number of rotatable bonds is 10. The molecule has 9 heteroatoms. The van der Waals surface area contributed by atoms with Crippen LogP contribution >= 0.6 is 0 Å². The summed E-state index contributed by atoms with van der Waals surface area (Å²) in [6.45, 7) is 1.27. The number of hydrogen-bond donors (Lipinski definition) is 3. The largest absolute Gasteiger partial charge is 0.380 e. The molecule has 1 amide bonds. The number of methoxy groups -OCH3 is 1. The van der Waals surface area contributed by atoms with Crippen molar-refractivity contribution in [3.05, 3.63) is 0 Å². The fourth-order valence-corrected chi connectivity index (χ4v) is 3.08. The second-order valence-electron chi connectivity index (χ2n) is 5.30. The molecule has 4 N–H and O–H groups in total. The molecule has 0 bridgehead atoms. The van der Waals surface area contributed by atoms with Gasteiger partial charge in [-0.2, -0.15) is 0 Å². The van der Waals surface area contributed by atoms with Gasteiger partial charge in [-0.3, -0.25) is 4.79 Å². The number of carbonyl (C=O) groups excluding carboxylic acids is 1. The van der Waals surface area contributed by atoms with E-state index in [2.05, 4.69) is 10.0 Å². The molecule has 130 valence electrons. The summed E-state index contributed by atoms with van der Waals surface area (Å²) in [5.74, 6) is -0.436. The van der Waals surface area contributed by atoms with Gasteiger partial charge < -0.3 is 20.5 Å². The molecule has 1 rings (SSSR count). The molecule has 0 aliphatic carbocycles. The molecule has 8 nitrogen and oxygen atoms in total. The van der Waals surface area contributed by atoms with Crippen molar-refractivity contribution in [1.29, 1.82) is 0 Å². The van der Waals surface area contributed by atoms with Gasteiger partial charge in [0.05, 0.1) is 24.4 Å². The maximum Gasteiger partial charge on any atom is 0.222 e. The zero-order chi connectivity index (χ0) is 16.4. The molecule has 1 aliphatic heterocycles. The molecule has 22 heavy (non-hydrogen) atoms. The topological polar surface area (TPSA) is 120 Å². The maximum absolute atomic E-state index is 11.8. The summed E-state index contributed by atoms with van der Waals surface area (Å²) >= 11 is 0. The molecule has 2 unspecified atom stereocenters. The quantitative estimate of drug-likeness (QED) is 0.468. The minimum atomic E-state index is -3.42. The third-order valence-corrected chi connectivity index (χ3v) is 4.86. The lowest BCUT2D eigenvalue weighted by Crippen LogP contribution is -2.40. The summed E-state index contributed by atoms with van der Waals surface area (Å²) in [4.78, 5) is 11.6. The third kappa shape index (κ3) is 8.04. The van der Waals surface area contributed by atoms with Crippen LogP contribution in [0.25, 0.3) is 0 Å². The van der Waals surface area contributed by atoms with Gasteiger partial charge in [-0.1, -0.05) is 0 Å². The summed E-state index contributed by atoms with van der Waals surface area (Å²) in [6.07, 6.45) is 2.68. The van der Waals surface area contributed by atoms with Crippen LogP contribution in [-0.2, 0) is 24.3 Å². The van der Waals surface area contributed by atoms with Crippen LogP contribution in [0.4, 0.5) is 0 Å². The number of nitrogens with one attached hydrogen (secondary N) is 2. The van der Waals surface area contributed by atoms with Crippen molar-refractivity contribution < 1.29 is 22.7 Å². The number of hydrogen-bond acceptors (Lipinski definition) is 6. The smallest absolute Gasteiger partial charge is 0.222 e. The Morgan fingerprint density at radius 1 is 1.45 bits per heavy atom. The molecule has 0 aromatic rings. The van der Waals surface area contributed by atoms with Crippen LogP contribution in [-0.4, -0.2) is 65.6 Å². The second-order valence-corrected chi connectivity index (χ2v) is 7.23. The van der Waals surface area contributed by atoms with Gasteiger partial charge in [-0.05, 0) is 19.3 Å². The Kier molecular flexibility index (Phi) is 8.88. The highest BCUT2D eigenvalue weighted by Gasteiger charge is 2.18. The number of amides is 1. The number of nitrogens with two attached hydrogens (primary N) is 1. The molecule has 1 saturated heterocycles. The number of ether oxygens (including phenoxy) is 2. The van der Waals surface area contributed by atoms with E-state index in [0.717, 1.165) is 19.3 Å². The van der Waals surface area contributed by atoms with Gasteiger partial charge in [0, 0.05) is 33.4 Å². The van der Waals surface area contributed by atoms with Gasteiger partial charge in [0.15, 0.2) is 0 Å². The van der Waals surface area contributed by atoms with Crippen LogP contribution in [0.15, 0.2) is 0 Å². The Hall–Kier alpha value is -0.740. The predicted octanol–water partition coefficient (Wildman–Crippen LogP) is -1.05. The lowest BCUT2D eigenvalue weighted by atomic mass is 10.1. The summed E-state index contributed by atoms with van der Waals surface area (Å²) in [5, 5.41) is 2.55. The fraction of sp³-hybridized carbons (Fsp3) is 0.923. The van der Waals surface area contributed by atoms with Gasteiger partial charge in [-0.15, -0.1) is 0 Å². The first-order valence-electron chi connectivity index (χ1n) is 7.55. The van der Waals surface area contributed by atoms with Crippen molar-refractivity contribution in [2.24, 2.45) is 5.73 Å². The molecule has 0 saturated carbocycles. The molecule has 0 spiro atoms. The van der Waals surface area contributed by atoms with Crippen LogP contribution in [0.1, 0.15) is 25.7 Å². The standard InChI is InChI=1S/C13H27N3O5S/c1-20-12(9-14)8-13(17)15-5-7-22(18,19)16-10-11-4-2-3-6-21-11/h11-12,16H,2-10,14H2,1H3,(H,15,17). The summed E-state index contributed by atoms with van der Waals surface area (Å²) in [5.41, 5.74) is 5.42. The maximum atomic E-state index is 11.8. The zero-order valence-corrected chi connectivity index (χ0v) is 13.9. The van der Waals surface area contributed by atoms with Crippen LogP contribution in [0.5, 0.6) is 0 Å². The van der Waals surface area contributed by atoms with Gasteiger partial charge >= 0.3 is 0 Å². The Labute approximate surface area is 132 Å². The average Bonchev–Trinajstić information content (AvgIpc) is 2.51. The molecule has 1 fully saturated rings. The molecular formula is C13H27N3O5S. The molecule has 1 heterocycles. The minimum Gasteiger partial charge on any atom is -0.380 e. The van der Waals surface area contributed by atoms with Gasteiger partial charge in [0.25, 0.3) is 0 Å². The minimum absolute atomic E-state index is 0.0508. The Morgan fingerprint density at radius 3 is 2.82 bits per heavy atom. The molecule has 1 aliphatic rings. The lowest BCUT2D eigenvalue weighted by Gasteiger charge is -2.22. The van der Waals surface area contributed by atoms with E-state index < -0.39 is 10.0 Å². The third-order valence-electron chi connectivity index (χ3n) is 3.51. The second kappa shape index (κ2) is 10.1. The number of sulfonamides is 1. The van der Waals surface area contributed by atoms with Gasteiger partial charge in [0.2, 0.25) is 15.9 Å².